The van der Waals surface area contributed by atoms with Crippen molar-refractivity contribution in [2.45, 2.75) is 26.7 Å². The first kappa shape index (κ1) is 19.4. The van der Waals surface area contributed by atoms with Crippen LogP contribution < -0.4 is 16.0 Å². The third kappa shape index (κ3) is 4.88. The largest absolute Gasteiger partial charge is 0.393 e. The van der Waals surface area contributed by atoms with Gasteiger partial charge in [-0.1, -0.05) is 49.8 Å². The van der Waals surface area contributed by atoms with Crippen LogP contribution in [0.15, 0.2) is 36.4 Å². The molecule has 0 spiro atoms. The molecule has 28 heavy (non-hydrogen) atoms. The Hall–Kier alpha value is -3.35. The lowest BCUT2D eigenvalue weighted by Gasteiger charge is -2.21. The van der Waals surface area contributed by atoms with Crippen LogP contribution in [0, 0.1) is 6.92 Å². The van der Waals surface area contributed by atoms with Crippen molar-refractivity contribution in [3.8, 4) is 0 Å². The molecule has 0 fully saturated rings. The smallest absolute Gasteiger partial charge is 0.161 e. The minimum atomic E-state index is 0.510. The second kappa shape index (κ2) is 9.03. The standard InChI is InChI=1S/C21H27N7/c1-4-5-13-28(3)21-19(22)20(24-18-14-15(2)26-27-18)23-17(25-21)12-11-16-9-7-6-8-10-16/h6-12,14H,4-5,13,22H2,1-3H3,(H2,23,24,25,26,27)/b12-11+. The number of aromatic amines is 1. The number of unbranched alkanes of at least 4 members (excludes halogenated alkanes) is 1. The second-order valence-corrected chi connectivity index (χ2v) is 6.75. The Labute approximate surface area is 165 Å². The van der Waals surface area contributed by atoms with E-state index in [1.807, 2.05) is 62.5 Å². The van der Waals surface area contributed by atoms with Crippen LogP contribution in [0.1, 0.15) is 36.8 Å². The molecule has 0 atom stereocenters. The number of anilines is 4. The van der Waals surface area contributed by atoms with Crippen LogP contribution in [0.5, 0.6) is 0 Å². The van der Waals surface area contributed by atoms with E-state index in [1.165, 1.54) is 0 Å². The highest BCUT2D eigenvalue weighted by molar-refractivity contribution is 5.80. The third-order valence-electron chi connectivity index (χ3n) is 4.33. The predicted molar refractivity (Wildman–Crippen MR) is 117 cm³/mol. The number of benzene rings is 1. The summed E-state index contributed by atoms with van der Waals surface area (Å²) in [5, 5.41) is 10.3. The van der Waals surface area contributed by atoms with Gasteiger partial charge in [0.2, 0.25) is 0 Å². The highest BCUT2D eigenvalue weighted by Crippen LogP contribution is 2.29. The highest BCUT2D eigenvalue weighted by Gasteiger charge is 2.15. The summed E-state index contributed by atoms with van der Waals surface area (Å²) in [6.07, 6.45) is 6.06. The van der Waals surface area contributed by atoms with E-state index in [0.717, 1.165) is 30.6 Å². The predicted octanol–water partition coefficient (Wildman–Crippen LogP) is 4.24. The first-order valence-corrected chi connectivity index (χ1v) is 9.47. The van der Waals surface area contributed by atoms with Crippen molar-refractivity contribution in [3.05, 3.63) is 53.5 Å². The Kier molecular flexibility index (Phi) is 6.26. The maximum Gasteiger partial charge on any atom is 0.161 e. The zero-order valence-electron chi connectivity index (χ0n) is 16.6. The minimum absolute atomic E-state index is 0.510. The summed E-state index contributed by atoms with van der Waals surface area (Å²) in [4.78, 5) is 11.4. The molecule has 0 unspecified atom stereocenters. The molecule has 0 radical (unpaired) electrons. The number of nitrogens with one attached hydrogen (secondary N) is 2. The van der Waals surface area contributed by atoms with Gasteiger partial charge in [0, 0.05) is 25.4 Å². The Morgan fingerprint density at radius 2 is 1.96 bits per heavy atom. The van der Waals surface area contributed by atoms with Crippen LogP contribution in [0.4, 0.5) is 23.1 Å². The van der Waals surface area contributed by atoms with Gasteiger partial charge in [-0.25, -0.2) is 9.97 Å². The molecule has 7 heteroatoms. The van der Waals surface area contributed by atoms with Gasteiger partial charge in [-0.15, -0.1) is 0 Å². The number of nitrogens with zero attached hydrogens (tertiary/aromatic N) is 4. The van der Waals surface area contributed by atoms with Gasteiger partial charge in [0.05, 0.1) is 0 Å². The quantitative estimate of drug-likeness (QED) is 0.543. The summed E-state index contributed by atoms with van der Waals surface area (Å²) in [5.74, 6) is 2.52. The molecule has 0 aliphatic heterocycles. The van der Waals surface area contributed by atoms with Crippen molar-refractivity contribution in [2.24, 2.45) is 0 Å². The van der Waals surface area contributed by atoms with Crippen molar-refractivity contribution >= 4 is 35.3 Å². The molecule has 146 valence electrons. The van der Waals surface area contributed by atoms with E-state index in [0.29, 0.717) is 29.0 Å². The van der Waals surface area contributed by atoms with E-state index in [2.05, 4.69) is 37.3 Å². The molecule has 2 aromatic heterocycles. The fraction of sp³-hybridized carbons (Fsp3) is 0.286. The topological polar surface area (TPSA) is 95.8 Å². The molecule has 2 heterocycles. The second-order valence-electron chi connectivity index (χ2n) is 6.75. The number of nitrogen functional groups attached to an aromatic ring is 1. The highest BCUT2D eigenvalue weighted by atomic mass is 15.2. The Bertz CT molecular complexity index is 931. The van der Waals surface area contributed by atoms with Gasteiger partial charge in [-0.2, -0.15) is 5.10 Å². The lowest BCUT2D eigenvalue weighted by Crippen LogP contribution is -2.22. The molecule has 4 N–H and O–H groups in total. The van der Waals surface area contributed by atoms with Gasteiger partial charge in [-0.05, 0) is 25.0 Å². The normalized spacial score (nSPS) is 11.1. The average molecular weight is 377 g/mol. The van der Waals surface area contributed by atoms with E-state index in [1.54, 1.807) is 0 Å². The molecule has 0 amide bonds. The van der Waals surface area contributed by atoms with E-state index in [-0.39, 0.29) is 0 Å². The van der Waals surface area contributed by atoms with Gasteiger partial charge in [0.1, 0.15) is 5.69 Å². The number of hydrogen-bond donors (Lipinski definition) is 3. The van der Waals surface area contributed by atoms with Gasteiger partial charge in [-0.3, -0.25) is 5.10 Å². The number of aryl methyl sites for hydroxylation is 1. The zero-order chi connectivity index (χ0) is 19.9. The van der Waals surface area contributed by atoms with E-state index in [9.17, 15) is 0 Å². The number of H-pyrrole nitrogens is 1. The number of nitrogens with two attached hydrogens (primary N) is 1. The Morgan fingerprint density at radius 1 is 1.18 bits per heavy atom. The molecule has 1 aromatic carbocycles. The molecule has 0 saturated carbocycles. The summed E-state index contributed by atoms with van der Waals surface area (Å²) >= 11 is 0. The first-order valence-electron chi connectivity index (χ1n) is 9.47. The Morgan fingerprint density at radius 3 is 2.64 bits per heavy atom. The van der Waals surface area contributed by atoms with Crippen LogP contribution in [0.2, 0.25) is 0 Å². The maximum atomic E-state index is 6.40. The molecule has 0 saturated heterocycles. The summed E-state index contributed by atoms with van der Waals surface area (Å²) < 4.78 is 0. The van der Waals surface area contributed by atoms with Crippen LogP contribution in [-0.4, -0.2) is 33.8 Å². The van der Waals surface area contributed by atoms with Crippen LogP contribution in [0.25, 0.3) is 12.2 Å². The summed E-state index contributed by atoms with van der Waals surface area (Å²) in [6.45, 7) is 4.98. The minimum Gasteiger partial charge on any atom is -0.393 e. The summed E-state index contributed by atoms with van der Waals surface area (Å²) in [6, 6.07) is 12.0. The molecule has 3 aromatic rings. The van der Waals surface area contributed by atoms with Crippen LogP contribution in [-0.2, 0) is 0 Å². The number of rotatable bonds is 8. The Balaban J connectivity index is 1.95. The first-order chi connectivity index (χ1) is 13.6. The molecule has 3 rings (SSSR count). The molecular weight excluding hydrogens is 350 g/mol. The maximum absolute atomic E-state index is 6.40. The summed E-state index contributed by atoms with van der Waals surface area (Å²) in [5.41, 5.74) is 8.95. The van der Waals surface area contributed by atoms with E-state index < -0.39 is 0 Å². The number of aromatic nitrogens is 4. The van der Waals surface area contributed by atoms with Crippen LogP contribution >= 0.6 is 0 Å². The molecular formula is C21H27N7. The van der Waals surface area contributed by atoms with Crippen molar-refractivity contribution in [1.82, 2.24) is 20.2 Å². The number of hydrogen-bond acceptors (Lipinski definition) is 6. The van der Waals surface area contributed by atoms with Crippen molar-refractivity contribution in [1.29, 1.82) is 0 Å². The van der Waals surface area contributed by atoms with Crippen molar-refractivity contribution in [3.63, 3.8) is 0 Å². The zero-order valence-corrected chi connectivity index (χ0v) is 16.6. The SMILES string of the molecule is CCCCN(C)c1nc(/C=C/c2ccccc2)nc(Nc2cc(C)[nH]n2)c1N. The third-order valence-corrected chi connectivity index (χ3v) is 4.33. The fourth-order valence-electron chi connectivity index (χ4n) is 2.77. The average Bonchev–Trinajstić information content (AvgIpc) is 3.12. The summed E-state index contributed by atoms with van der Waals surface area (Å²) in [7, 11) is 2.00. The van der Waals surface area contributed by atoms with Gasteiger partial charge in [0.25, 0.3) is 0 Å². The van der Waals surface area contributed by atoms with Gasteiger partial charge in [0.15, 0.2) is 23.3 Å². The molecule has 0 aliphatic rings. The van der Waals surface area contributed by atoms with E-state index >= 15 is 0 Å². The lowest BCUT2D eigenvalue weighted by molar-refractivity contribution is 0.759. The molecule has 7 nitrogen and oxygen atoms in total. The monoisotopic (exact) mass is 377 g/mol. The molecule has 0 aliphatic carbocycles. The van der Waals surface area contributed by atoms with Crippen molar-refractivity contribution < 1.29 is 0 Å². The van der Waals surface area contributed by atoms with Crippen molar-refractivity contribution in [2.75, 3.05) is 29.5 Å². The van der Waals surface area contributed by atoms with E-state index in [4.69, 9.17) is 5.73 Å². The van der Waals surface area contributed by atoms with Gasteiger partial charge >= 0.3 is 0 Å². The molecule has 0 bridgehead atoms. The van der Waals surface area contributed by atoms with Crippen LogP contribution in [0.3, 0.4) is 0 Å². The lowest BCUT2D eigenvalue weighted by atomic mass is 10.2. The fourth-order valence-corrected chi connectivity index (χ4v) is 2.77. The van der Waals surface area contributed by atoms with Gasteiger partial charge < -0.3 is 16.0 Å².